The number of benzene rings is 4. The van der Waals surface area contributed by atoms with E-state index < -0.39 is 0 Å². The lowest BCUT2D eigenvalue weighted by molar-refractivity contribution is 0.415. The standard InChI is InChI=1S/C29H26ClN3OS/c1-19-4-6-21(7-5-19)18-35-29-32-31-28(33(29)26-13-11-25(30)12-14-26)20(2)22-8-9-24-17-27(34-3)15-10-23(24)16-22/h4-17,20H,18H2,1-3H3/t20-/m0/s1. The highest BCUT2D eigenvalue weighted by atomic mass is 35.5. The van der Waals surface area contributed by atoms with Gasteiger partial charge in [-0.1, -0.05) is 84.4 Å². The SMILES string of the molecule is COc1ccc2cc([C@H](C)c3nnc(SCc4ccc(C)cc4)n3-c3ccc(Cl)cc3)ccc2c1. The number of halogens is 1. The van der Waals surface area contributed by atoms with Gasteiger partial charge in [0.15, 0.2) is 5.16 Å². The van der Waals surface area contributed by atoms with Crippen molar-refractivity contribution in [1.82, 2.24) is 14.8 Å². The minimum absolute atomic E-state index is 0.0402. The smallest absolute Gasteiger partial charge is 0.196 e. The molecular formula is C29H26ClN3OS. The van der Waals surface area contributed by atoms with Gasteiger partial charge in [0.1, 0.15) is 11.6 Å². The topological polar surface area (TPSA) is 39.9 Å². The van der Waals surface area contributed by atoms with E-state index in [9.17, 15) is 0 Å². The molecule has 0 saturated heterocycles. The molecule has 35 heavy (non-hydrogen) atoms. The third-order valence-corrected chi connectivity index (χ3v) is 7.44. The van der Waals surface area contributed by atoms with Crippen molar-refractivity contribution in [3.8, 4) is 11.4 Å². The first-order valence-corrected chi connectivity index (χ1v) is 12.9. The highest BCUT2D eigenvalue weighted by Gasteiger charge is 2.21. The number of nitrogens with zero attached hydrogens (tertiary/aromatic N) is 3. The summed E-state index contributed by atoms with van der Waals surface area (Å²) in [6, 6.07) is 29.1. The van der Waals surface area contributed by atoms with Crippen molar-refractivity contribution in [2.45, 2.75) is 30.7 Å². The minimum Gasteiger partial charge on any atom is -0.497 e. The third-order valence-electron chi connectivity index (χ3n) is 6.19. The third kappa shape index (κ3) is 5.07. The lowest BCUT2D eigenvalue weighted by Gasteiger charge is -2.16. The molecular weight excluding hydrogens is 474 g/mol. The molecule has 0 radical (unpaired) electrons. The van der Waals surface area contributed by atoms with Gasteiger partial charge in [0.2, 0.25) is 0 Å². The number of ether oxygens (including phenoxy) is 1. The molecule has 6 heteroatoms. The van der Waals surface area contributed by atoms with Crippen LogP contribution in [0.1, 0.15) is 35.4 Å². The number of aromatic nitrogens is 3. The zero-order valence-corrected chi connectivity index (χ0v) is 21.5. The van der Waals surface area contributed by atoms with Crippen molar-refractivity contribution in [3.05, 3.63) is 112 Å². The Hall–Kier alpha value is -3.28. The summed E-state index contributed by atoms with van der Waals surface area (Å²) in [6.45, 7) is 4.28. The number of fused-ring (bicyclic) bond motifs is 1. The molecule has 0 aliphatic carbocycles. The van der Waals surface area contributed by atoms with Gasteiger partial charge in [0.05, 0.1) is 7.11 Å². The van der Waals surface area contributed by atoms with Crippen LogP contribution in [0.2, 0.25) is 5.02 Å². The summed E-state index contributed by atoms with van der Waals surface area (Å²) in [5, 5.41) is 13.2. The van der Waals surface area contributed by atoms with E-state index in [1.165, 1.54) is 22.1 Å². The van der Waals surface area contributed by atoms with Crippen LogP contribution in [0.3, 0.4) is 0 Å². The molecule has 0 spiro atoms. The van der Waals surface area contributed by atoms with Crippen molar-refractivity contribution in [3.63, 3.8) is 0 Å². The average Bonchev–Trinajstić information content (AvgIpc) is 3.31. The van der Waals surface area contributed by atoms with Crippen LogP contribution in [-0.2, 0) is 5.75 Å². The van der Waals surface area contributed by atoms with Crippen LogP contribution in [0.15, 0.2) is 90.1 Å². The summed E-state index contributed by atoms with van der Waals surface area (Å²) in [6.07, 6.45) is 0. The summed E-state index contributed by atoms with van der Waals surface area (Å²) in [7, 11) is 1.69. The van der Waals surface area contributed by atoms with Crippen LogP contribution < -0.4 is 4.74 Å². The Morgan fingerprint density at radius 1 is 0.886 bits per heavy atom. The Balaban J connectivity index is 1.51. The molecule has 5 rings (SSSR count). The molecule has 5 aromatic rings. The number of aryl methyl sites for hydroxylation is 1. The number of thioether (sulfide) groups is 1. The molecule has 1 atom stereocenters. The lowest BCUT2D eigenvalue weighted by Crippen LogP contribution is -2.07. The van der Waals surface area contributed by atoms with E-state index in [0.717, 1.165) is 33.6 Å². The minimum atomic E-state index is 0.0402. The molecule has 1 aromatic heterocycles. The Morgan fingerprint density at radius 3 is 2.34 bits per heavy atom. The molecule has 1 heterocycles. The van der Waals surface area contributed by atoms with Crippen LogP contribution in [0.4, 0.5) is 0 Å². The van der Waals surface area contributed by atoms with E-state index in [4.69, 9.17) is 16.3 Å². The zero-order chi connectivity index (χ0) is 24.4. The molecule has 4 nitrogen and oxygen atoms in total. The predicted molar refractivity (Wildman–Crippen MR) is 145 cm³/mol. The molecule has 0 N–H and O–H groups in total. The quantitative estimate of drug-likeness (QED) is 0.214. The Bertz CT molecular complexity index is 1460. The van der Waals surface area contributed by atoms with Crippen molar-refractivity contribution >= 4 is 34.1 Å². The fraction of sp³-hybridized carbons (Fsp3) is 0.172. The van der Waals surface area contributed by atoms with Crippen LogP contribution >= 0.6 is 23.4 Å². The van der Waals surface area contributed by atoms with Gasteiger partial charge in [-0.05, 0) is 65.2 Å². The largest absolute Gasteiger partial charge is 0.497 e. The van der Waals surface area contributed by atoms with E-state index in [1.54, 1.807) is 18.9 Å². The van der Waals surface area contributed by atoms with E-state index in [0.29, 0.717) is 5.02 Å². The van der Waals surface area contributed by atoms with Gasteiger partial charge >= 0.3 is 0 Å². The van der Waals surface area contributed by atoms with Crippen LogP contribution in [0.5, 0.6) is 5.75 Å². The normalized spacial score (nSPS) is 12.1. The van der Waals surface area contributed by atoms with E-state index >= 15 is 0 Å². The Labute approximate surface area is 214 Å². The Kier molecular flexibility index (Phi) is 6.80. The Morgan fingerprint density at radius 2 is 1.60 bits per heavy atom. The molecule has 0 aliphatic rings. The monoisotopic (exact) mass is 499 g/mol. The first kappa shape index (κ1) is 23.5. The second-order valence-electron chi connectivity index (χ2n) is 8.62. The number of hydrogen-bond donors (Lipinski definition) is 0. The van der Waals surface area contributed by atoms with Gasteiger partial charge in [-0.3, -0.25) is 4.57 Å². The predicted octanol–water partition coefficient (Wildman–Crippen LogP) is 7.84. The van der Waals surface area contributed by atoms with Gasteiger partial charge in [-0.15, -0.1) is 10.2 Å². The maximum atomic E-state index is 6.19. The fourth-order valence-electron chi connectivity index (χ4n) is 4.11. The van der Waals surface area contributed by atoms with Crippen LogP contribution in [0.25, 0.3) is 16.5 Å². The van der Waals surface area contributed by atoms with Crippen molar-refractivity contribution in [1.29, 1.82) is 0 Å². The van der Waals surface area contributed by atoms with E-state index in [2.05, 4.69) is 83.2 Å². The second kappa shape index (κ2) is 10.1. The highest BCUT2D eigenvalue weighted by molar-refractivity contribution is 7.98. The molecule has 0 saturated carbocycles. The summed E-state index contributed by atoms with van der Waals surface area (Å²) in [4.78, 5) is 0. The maximum Gasteiger partial charge on any atom is 0.196 e. The number of rotatable bonds is 7. The molecule has 0 fully saturated rings. The second-order valence-corrected chi connectivity index (χ2v) is 10.0. The molecule has 0 amide bonds. The van der Waals surface area contributed by atoms with E-state index in [1.807, 2.05) is 30.3 Å². The van der Waals surface area contributed by atoms with Gasteiger partial charge in [0, 0.05) is 22.4 Å². The first-order valence-electron chi connectivity index (χ1n) is 11.5. The summed E-state index contributed by atoms with van der Waals surface area (Å²) < 4.78 is 7.52. The first-order chi connectivity index (χ1) is 17.0. The molecule has 4 aromatic carbocycles. The molecule has 0 unspecified atom stereocenters. The van der Waals surface area contributed by atoms with Crippen molar-refractivity contribution in [2.75, 3.05) is 7.11 Å². The van der Waals surface area contributed by atoms with Gasteiger partial charge in [-0.2, -0.15) is 0 Å². The highest BCUT2D eigenvalue weighted by Crippen LogP contribution is 2.33. The maximum absolute atomic E-state index is 6.19. The number of hydrogen-bond acceptors (Lipinski definition) is 4. The molecule has 176 valence electrons. The van der Waals surface area contributed by atoms with Gasteiger partial charge in [0.25, 0.3) is 0 Å². The summed E-state index contributed by atoms with van der Waals surface area (Å²) in [5.41, 5.74) is 4.69. The lowest BCUT2D eigenvalue weighted by atomic mass is 9.97. The zero-order valence-electron chi connectivity index (χ0n) is 19.9. The van der Waals surface area contributed by atoms with E-state index in [-0.39, 0.29) is 5.92 Å². The molecule has 0 bridgehead atoms. The average molecular weight is 500 g/mol. The van der Waals surface area contributed by atoms with Crippen molar-refractivity contribution in [2.24, 2.45) is 0 Å². The summed E-state index contributed by atoms with van der Waals surface area (Å²) >= 11 is 7.88. The summed E-state index contributed by atoms with van der Waals surface area (Å²) in [5.74, 6) is 2.61. The fourth-order valence-corrected chi connectivity index (χ4v) is 5.15. The van der Waals surface area contributed by atoms with Crippen molar-refractivity contribution < 1.29 is 4.74 Å². The molecule has 0 aliphatic heterocycles. The van der Waals surface area contributed by atoms with Crippen LogP contribution in [0, 0.1) is 6.92 Å². The van der Waals surface area contributed by atoms with Gasteiger partial charge < -0.3 is 4.74 Å². The van der Waals surface area contributed by atoms with Gasteiger partial charge in [-0.25, -0.2) is 0 Å². The van der Waals surface area contributed by atoms with Crippen LogP contribution in [-0.4, -0.2) is 21.9 Å². The number of methoxy groups -OCH3 is 1.